The van der Waals surface area contributed by atoms with Gasteiger partial charge in [-0.3, -0.25) is 9.89 Å². The Kier molecular flexibility index (Phi) is 3.52. The van der Waals surface area contributed by atoms with E-state index in [0.29, 0.717) is 18.2 Å². The molecule has 1 aromatic carbocycles. The fourth-order valence-electron chi connectivity index (χ4n) is 2.31. The number of rotatable bonds is 5. The zero-order chi connectivity index (χ0) is 13.9. The molecule has 20 heavy (non-hydrogen) atoms. The summed E-state index contributed by atoms with van der Waals surface area (Å²) in [6, 6.07) is 11.6. The fourth-order valence-corrected chi connectivity index (χ4v) is 2.31. The van der Waals surface area contributed by atoms with E-state index in [1.807, 2.05) is 30.3 Å². The molecule has 0 aliphatic heterocycles. The minimum Gasteiger partial charge on any atom is -0.346 e. The van der Waals surface area contributed by atoms with Crippen molar-refractivity contribution in [2.45, 2.75) is 18.9 Å². The molecule has 1 aliphatic carbocycles. The lowest BCUT2D eigenvalue weighted by molar-refractivity contribution is 0.0928. The van der Waals surface area contributed by atoms with E-state index in [-0.39, 0.29) is 11.9 Å². The maximum Gasteiger partial charge on any atom is 0.269 e. The summed E-state index contributed by atoms with van der Waals surface area (Å²) >= 11 is 0. The SMILES string of the molecule is NCC(NC(=O)c1cc(-c2ccccc2)n[nH]1)C1CC1. The van der Waals surface area contributed by atoms with Crippen molar-refractivity contribution in [3.05, 3.63) is 42.1 Å². The topological polar surface area (TPSA) is 83.8 Å². The number of H-pyrrole nitrogens is 1. The molecule has 3 rings (SSSR count). The van der Waals surface area contributed by atoms with Crippen LogP contribution in [0.2, 0.25) is 0 Å². The molecule has 4 N–H and O–H groups in total. The standard InChI is InChI=1S/C15H18N4O/c16-9-14(11-6-7-11)17-15(20)13-8-12(18-19-13)10-4-2-1-3-5-10/h1-5,8,11,14H,6-7,9,16H2,(H,17,20)(H,18,19). The molecule has 0 radical (unpaired) electrons. The first kappa shape index (κ1) is 12.9. The van der Waals surface area contributed by atoms with E-state index in [4.69, 9.17) is 5.73 Å². The first-order valence-electron chi connectivity index (χ1n) is 6.89. The second-order valence-electron chi connectivity index (χ2n) is 5.19. The molecule has 1 aliphatic rings. The lowest BCUT2D eigenvalue weighted by atomic mass is 10.1. The summed E-state index contributed by atoms with van der Waals surface area (Å²) in [7, 11) is 0. The summed E-state index contributed by atoms with van der Waals surface area (Å²) in [4.78, 5) is 12.2. The number of aromatic amines is 1. The number of nitrogens with two attached hydrogens (primary N) is 1. The predicted molar refractivity (Wildman–Crippen MR) is 77.1 cm³/mol. The molecule has 104 valence electrons. The second-order valence-corrected chi connectivity index (χ2v) is 5.19. The van der Waals surface area contributed by atoms with Crippen molar-refractivity contribution in [2.24, 2.45) is 11.7 Å². The quantitative estimate of drug-likeness (QED) is 0.770. The highest BCUT2D eigenvalue weighted by atomic mass is 16.2. The van der Waals surface area contributed by atoms with Crippen LogP contribution >= 0.6 is 0 Å². The van der Waals surface area contributed by atoms with Crippen LogP contribution in [0.4, 0.5) is 0 Å². The number of nitrogens with zero attached hydrogens (tertiary/aromatic N) is 1. The molecule has 1 saturated carbocycles. The Morgan fingerprint density at radius 1 is 1.40 bits per heavy atom. The Balaban J connectivity index is 1.71. The van der Waals surface area contributed by atoms with Gasteiger partial charge in [0.15, 0.2) is 0 Å². The number of nitrogens with one attached hydrogen (secondary N) is 2. The lowest BCUT2D eigenvalue weighted by Crippen LogP contribution is -2.41. The first-order valence-corrected chi connectivity index (χ1v) is 6.89. The predicted octanol–water partition coefficient (Wildman–Crippen LogP) is 1.54. The normalized spacial score (nSPS) is 15.8. The third-order valence-electron chi connectivity index (χ3n) is 3.65. The third-order valence-corrected chi connectivity index (χ3v) is 3.65. The van der Waals surface area contributed by atoms with Gasteiger partial charge in [0.25, 0.3) is 5.91 Å². The minimum atomic E-state index is -0.137. The largest absolute Gasteiger partial charge is 0.346 e. The Labute approximate surface area is 117 Å². The molecular formula is C15H18N4O. The van der Waals surface area contributed by atoms with Crippen molar-refractivity contribution in [1.82, 2.24) is 15.5 Å². The van der Waals surface area contributed by atoms with Crippen LogP contribution in [0, 0.1) is 5.92 Å². The van der Waals surface area contributed by atoms with E-state index in [1.54, 1.807) is 6.07 Å². The molecular weight excluding hydrogens is 252 g/mol. The van der Waals surface area contributed by atoms with Crippen LogP contribution in [-0.2, 0) is 0 Å². The molecule has 1 heterocycles. The van der Waals surface area contributed by atoms with Gasteiger partial charge in [-0.2, -0.15) is 5.10 Å². The molecule has 1 amide bonds. The fraction of sp³-hybridized carbons (Fsp3) is 0.333. The summed E-state index contributed by atoms with van der Waals surface area (Å²) in [5.74, 6) is 0.405. The molecule has 1 atom stereocenters. The van der Waals surface area contributed by atoms with Crippen LogP contribution in [-0.4, -0.2) is 28.7 Å². The Hall–Kier alpha value is -2.14. The summed E-state index contributed by atoms with van der Waals surface area (Å²) in [5, 5.41) is 9.95. The molecule has 5 nitrogen and oxygen atoms in total. The van der Waals surface area contributed by atoms with Gasteiger partial charge < -0.3 is 11.1 Å². The molecule has 5 heteroatoms. The third kappa shape index (κ3) is 2.72. The smallest absolute Gasteiger partial charge is 0.269 e. The highest BCUT2D eigenvalue weighted by Gasteiger charge is 2.31. The summed E-state index contributed by atoms with van der Waals surface area (Å²) in [5.41, 5.74) is 7.93. The van der Waals surface area contributed by atoms with E-state index in [1.165, 1.54) is 0 Å². The molecule has 1 aromatic heterocycles. The van der Waals surface area contributed by atoms with Gasteiger partial charge in [0.05, 0.1) is 5.69 Å². The summed E-state index contributed by atoms with van der Waals surface area (Å²) in [6.45, 7) is 0.482. The van der Waals surface area contributed by atoms with Crippen LogP contribution in [0.15, 0.2) is 36.4 Å². The number of hydrogen-bond acceptors (Lipinski definition) is 3. The van der Waals surface area contributed by atoms with E-state index >= 15 is 0 Å². The van der Waals surface area contributed by atoms with Gasteiger partial charge in [-0.25, -0.2) is 0 Å². The van der Waals surface area contributed by atoms with Crippen molar-refractivity contribution in [3.63, 3.8) is 0 Å². The molecule has 0 saturated heterocycles. The number of hydrogen-bond donors (Lipinski definition) is 3. The van der Waals surface area contributed by atoms with Crippen molar-refractivity contribution < 1.29 is 4.79 Å². The van der Waals surface area contributed by atoms with Crippen LogP contribution in [0.5, 0.6) is 0 Å². The summed E-state index contributed by atoms with van der Waals surface area (Å²) < 4.78 is 0. The van der Waals surface area contributed by atoms with Gasteiger partial charge in [-0.05, 0) is 24.8 Å². The number of amides is 1. The second kappa shape index (κ2) is 5.46. The van der Waals surface area contributed by atoms with Crippen molar-refractivity contribution in [3.8, 4) is 11.3 Å². The maximum atomic E-state index is 12.2. The zero-order valence-corrected chi connectivity index (χ0v) is 11.2. The van der Waals surface area contributed by atoms with E-state index in [0.717, 1.165) is 24.1 Å². The Morgan fingerprint density at radius 2 is 2.15 bits per heavy atom. The van der Waals surface area contributed by atoms with Crippen molar-refractivity contribution in [1.29, 1.82) is 0 Å². The first-order chi connectivity index (χ1) is 9.78. The van der Waals surface area contributed by atoms with Crippen LogP contribution in [0.3, 0.4) is 0 Å². The van der Waals surface area contributed by atoms with Crippen molar-refractivity contribution in [2.75, 3.05) is 6.54 Å². The monoisotopic (exact) mass is 270 g/mol. The number of carbonyl (C=O) groups excluding carboxylic acids is 1. The van der Waals surface area contributed by atoms with Gasteiger partial charge >= 0.3 is 0 Å². The van der Waals surface area contributed by atoms with E-state index < -0.39 is 0 Å². The number of benzene rings is 1. The van der Waals surface area contributed by atoms with Gasteiger partial charge in [-0.15, -0.1) is 0 Å². The van der Waals surface area contributed by atoms with Crippen LogP contribution in [0.1, 0.15) is 23.3 Å². The highest BCUT2D eigenvalue weighted by molar-refractivity contribution is 5.93. The maximum absolute atomic E-state index is 12.2. The highest BCUT2D eigenvalue weighted by Crippen LogP contribution is 2.32. The van der Waals surface area contributed by atoms with Crippen LogP contribution < -0.4 is 11.1 Å². The average Bonchev–Trinajstić information content (AvgIpc) is 3.21. The molecule has 0 spiro atoms. The zero-order valence-electron chi connectivity index (χ0n) is 11.2. The lowest BCUT2D eigenvalue weighted by Gasteiger charge is -2.14. The minimum absolute atomic E-state index is 0.0750. The van der Waals surface area contributed by atoms with Gasteiger partial charge in [0, 0.05) is 18.2 Å². The van der Waals surface area contributed by atoms with E-state index in [9.17, 15) is 4.79 Å². The van der Waals surface area contributed by atoms with Crippen molar-refractivity contribution >= 4 is 5.91 Å². The molecule has 1 fully saturated rings. The number of carbonyl (C=O) groups is 1. The molecule has 0 bridgehead atoms. The van der Waals surface area contributed by atoms with Crippen LogP contribution in [0.25, 0.3) is 11.3 Å². The Morgan fingerprint density at radius 3 is 2.80 bits per heavy atom. The van der Waals surface area contributed by atoms with Gasteiger partial charge in [-0.1, -0.05) is 30.3 Å². The Bertz CT molecular complexity index is 589. The van der Waals surface area contributed by atoms with Gasteiger partial charge in [0.2, 0.25) is 0 Å². The molecule has 1 unspecified atom stereocenters. The molecule has 2 aromatic rings. The average molecular weight is 270 g/mol. The van der Waals surface area contributed by atoms with E-state index in [2.05, 4.69) is 15.5 Å². The van der Waals surface area contributed by atoms with Gasteiger partial charge in [0.1, 0.15) is 5.69 Å². The summed E-state index contributed by atoms with van der Waals surface area (Å²) in [6.07, 6.45) is 2.31. The number of aromatic nitrogens is 2.